The largest absolute Gasteiger partial charge is 0.453 e. The molecule has 1 amide bonds. The van der Waals surface area contributed by atoms with Crippen molar-refractivity contribution in [3.8, 4) is 11.5 Å². The summed E-state index contributed by atoms with van der Waals surface area (Å²) in [5.74, 6) is 0.456. The van der Waals surface area contributed by atoms with Gasteiger partial charge in [-0.25, -0.2) is 4.98 Å². The summed E-state index contributed by atoms with van der Waals surface area (Å²) in [5, 5.41) is 3.54. The van der Waals surface area contributed by atoms with E-state index in [1.54, 1.807) is 42.5 Å². The van der Waals surface area contributed by atoms with Gasteiger partial charge in [0.2, 0.25) is 5.95 Å². The Morgan fingerprint density at radius 2 is 1.88 bits per heavy atom. The number of nitrogens with one attached hydrogen (secondary N) is 2. The third kappa shape index (κ3) is 4.11. The van der Waals surface area contributed by atoms with Gasteiger partial charge in [0.1, 0.15) is 11.3 Å². The van der Waals surface area contributed by atoms with Crippen LogP contribution in [-0.2, 0) is 6.18 Å². The number of aromatic nitrogens is 2. The number of imidazole rings is 1. The number of aromatic amines is 1. The summed E-state index contributed by atoms with van der Waals surface area (Å²) in [6, 6.07) is 15.3. The van der Waals surface area contributed by atoms with Gasteiger partial charge in [-0.05, 0) is 48.5 Å². The maximum absolute atomic E-state index is 13.0. The first kappa shape index (κ1) is 21.7. The Morgan fingerprint density at radius 3 is 2.59 bits per heavy atom. The summed E-state index contributed by atoms with van der Waals surface area (Å²) in [6.45, 7) is 0. The molecule has 2 aromatic heterocycles. The predicted octanol–water partition coefficient (Wildman–Crippen LogP) is 6.62. The topological polar surface area (TPSA) is 106 Å². The number of primary amides is 1. The molecule has 172 valence electrons. The maximum Gasteiger partial charge on any atom is 0.416 e. The lowest BCUT2D eigenvalue weighted by Gasteiger charge is -2.08. The fourth-order valence-corrected chi connectivity index (χ4v) is 3.67. The van der Waals surface area contributed by atoms with Crippen molar-refractivity contribution >= 4 is 51.1 Å². The van der Waals surface area contributed by atoms with Crippen molar-refractivity contribution in [1.82, 2.24) is 9.97 Å². The Hall–Kier alpha value is -4.18. The molecular weight excluding hydrogens is 473 g/mol. The first-order valence-corrected chi connectivity index (χ1v) is 10.2. The molecule has 0 saturated heterocycles. The van der Waals surface area contributed by atoms with Crippen LogP contribution in [0.5, 0.6) is 11.5 Å². The molecule has 5 rings (SSSR count). The number of furan rings is 1. The molecule has 0 aliphatic carbocycles. The van der Waals surface area contributed by atoms with Crippen molar-refractivity contribution in [3.05, 3.63) is 77.0 Å². The number of fused-ring (bicyclic) bond motifs is 2. The van der Waals surface area contributed by atoms with Gasteiger partial charge in [0.05, 0.1) is 16.1 Å². The Bertz CT molecular complexity index is 1540. The summed E-state index contributed by atoms with van der Waals surface area (Å²) in [4.78, 5) is 18.4. The number of nitrogens with two attached hydrogens (primary N) is 1. The molecule has 0 aliphatic heterocycles. The van der Waals surface area contributed by atoms with E-state index in [4.69, 9.17) is 26.5 Å². The third-order valence-electron chi connectivity index (χ3n) is 4.96. The van der Waals surface area contributed by atoms with Crippen molar-refractivity contribution in [3.63, 3.8) is 0 Å². The standard InChI is InChI=1S/C23H14ClF3N4O3/c24-15-9-12(23(25,26)27)10-16-19(15)31-22(30-16)29-13-4-6-14(7-5-13)33-17-3-1-2-11-8-18(21(28)32)34-20(11)17/h1-10H,(H2,28,32)(H2,29,30,31). The number of carbonyl (C=O) groups is 1. The number of para-hydroxylation sites is 1. The van der Waals surface area contributed by atoms with Gasteiger partial charge in [-0.15, -0.1) is 0 Å². The number of hydrogen-bond donors (Lipinski definition) is 3. The number of alkyl halides is 3. The van der Waals surface area contributed by atoms with E-state index < -0.39 is 17.6 Å². The second-order valence-corrected chi connectivity index (χ2v) is 7.75. The summed E-state index contributed by atoms with van der Waals surface area (Å²) in [7, 11) is 0. The van der Waals surface area contributed by atoms with Crippen LogP contribution in [0.3, 0.4) is 0 Å². The molecule has 0 spiro atoms. The van der Waals surface area contributed by atoms with Gasteiger partial charge in [-0.3, -0.25) is 4.79 Å². The summed E-state index contributed by atoms with van der Waals surface area (Å²) < 4.78 is 50.4. The molecule has 5 aromatic rings. The monoisotopic (exact) mass is 486 g/mol. The fraction of sp³-hybridized carbons (Fsp3) is 0.0435. The molecule has 7 nitrogen and oxygen atoms in total. The van der Waals surface area contributed by atoms with E-state index in [0.29, 0.717) is 28.2 Å². The van der Waals surface area contributed by atoms with Crippen LogP contribution >= 0.6 is 11.6 Å². The highest BCUT2D eigenvalue weighted by atomic mass is 35.5. The molecule has 0 aliphatic rings. The first-order chi connectivity index (χ1) is 16.2. The van der Waals surface area contributed by atoms with Crippen molar-refractivity contribution < 1.29 is 27.1 Å². The average Bonchev–Trinajstić information content (AvgIpc) is 3.39. The zero-order valence-corrected chi connectivity index (χ0v) is 17.8. The molecule has 34 heavy (non-hydrogen) atoms. The highest BCUT2D eigenvalue weighted by Gasteiger charge is 2.31. The highest BCUT2D eigenvalue weighted by Crippen LogP contribution is 2.36. The predicted molar refractivity (Wildman–Crippen MR) is 121 cm³/mol. The third-order valence-corrected chi connectivity index (χ3v) is 5.25. The Kier molecular flexibility index (Phi) is 5.09. The fourth-order valence-electron chi connectivity index (χ4n) is 3.41. The van der Waals surface area contributed by atoms with Crippen molar-refractivity contribution in [1.29, 1.82) is 0 Å². The lowest BCUT2D eigenvalue weighted by molar-refractivity contribution is -0.137. The number of carbonyl (C=O) groups excluding carboxylic acids is 1. The molecule has 3 aromatic carbocycles. The van der Waals surface area contributed by atoms with Crippen LogP contribution < -0.4 is 15.8 Å². The molecule has 2 heterocycles. The SMILES string of the molecule is NC(=O)c1cc2cccc(Oc3ccc(Nc4nc5c(Cl)cc(C(F)(F)F)cc5[nH]4)cc3)c2o1. The minimum atomic E-state index is -4.52. The zero-order valence-electron chi connectivity index (χ0n) is 17.0. The summed E-state index contributed by atoms with van der Waals surface area (Å²) >= 11 is 5.98. The Balaban J connectivity index is 1.36. The number of ether oxygens (including phenoxy) is 1. The van der Waals surface area contributed by atoms with Crippen LogP contribution in [0, 0.1) is 0 Å². The lowest BCUT2D eigenvalue weighted by atomic mass is 10.2. The second-order valence-electron chi connectivity index (χ2n) is 7.34. The zero-order chi connectivity index (χ0) is 24.0. The van der Waals surface area contributed by atoms with E-state index >= 15 is 0 Å². The van der Waals surface area contributed by atoms with E-state index in [1.807, 2.05) is 0 Å². The number of H-pyrrole nitrogens is 1. The summed E-state index contributed by atoms with van der Waals surface area (Å²) in [6.07, 6.45) is -4.52. The van der Waals surface area contributed by atoms with Crippen molar-refractivity contribution in [2.45, 2.75) is 6.18 Å². The molecular formula is C23H14ClF3N4O3. The molecule has 0 radical (unpaired) electrons. The maximum atomic E-state index is 13.0. The second kappa shape index (κ2) is 7.99. The molecule has 11 heteroatoms. The molecule has 4 N–H and O–H groups in total. The molecule has 0 unspecified atom stereocenters. The number of nitrogens with zero attached hydrogens (tertiary/aromatic N) is 1. The van der Waals surface area contributed by atoms with Gasteiger partial charge < -0.3 is 25.2 Å². The molecule has 0 atom stereocenters. The minimum Gasteiger partial charge on any atom is -0.453 e. The van der Waals surface area contributed by atoms with Crippen LogP contribution in [0.1, 0.15) is 16.1 Å². The lowest BCUT2D eigenvalue weighted by Crippen LogP contribution is -2.08. The van der Waals surface area contributed by atoms with Crippen LogP contribution in [0.25, 0.3) is 22.0 Å². The van der Waals surface area contributed by atoms with Crippen LogP contribution in [-0.4, -0.2) is 15.9 Å². The van der Waals surface area contributed by atoms with E-state index in [1.165, 1.54) is 6.07 Å². The van der Waals surface area contributed by atoms with E-state index in [2.05, 4.69) is 15.3 Å². The van der Waals surface area contributed by atoms with Gasteiger partial charge in [0.25, 0.3) is 5.91 Å². The van der Waals surface area contributed by atoms with E-state index in [0.717, 1.165) is 12.1 Å². The van der Waals surface area contributed by atoms with E-state index in [-0.39, 0.29) is 27.8 Å². The van der Waals surface area contributed by atoms with Gasteiger partial charge in [0.15, 0.2) is 17.1 Å². The van der Waals surface area contributed by atoms with Gasteiger partial charge in [0, 0.05) is 11.1 Å². The summed E-state index contributed by atoms with van der Waals surface area (Å²) in [5.41, 5.74) is 5.77. The molecule has 0 bridgehead atoms. The molecule has 0 fully saturated rings. The number of halogens is 4. The smallest absolute Gasteiger partial charge is 0.416 e. The Labute approximate surface area is 194 Å². The average molecular weight is 487 g/mol. The van der Waals surface area contributed by atoms with Crippen LogP contribution in [0.2, 0.25) is 5.02 Å². The van der Waals surface area contributed by atoms with Gasteiger partial charge in [-0.2, -0.15) is 13.2 Å². The van der Waals surface area contributed by atoms with Crippen LogP contribution in [0.4, 0.5) is 24.8 Å². The number of hydrogen-bond acceptors (Lipinski definition) is 5. The number of anilines is 2. The first-order valence-electron chi connectivity index (χ1n) is 9.81. The van der Waals surface area contributed by atoms with Gasteiger partial charge >= 0.3 is 6.18 Å². The van der Waals surface area contributed by atoms with Crippen LogP contribution in [0.15, 0.2) is 65.1 Å². The Morgan fingerprint density at radius 1 is 1.12 bits per heavy atom. The number of rotatable bonds is 5. The number of benzene rings is 3. The van der Waals surface area contributed by atoms with Gasteiger partial charge in [-0.1, -0.05) is 23.7 Å². The van der Waals surface area contributed by atoms with Crippen molar-refractivity contribution in [2.24, 2.45) is 5.73 Å². The quantitative estimate of drug-likeness (QED) is 0.259. The number of amides is 1. The minimum absolute atomic E-state index is 0.0268. The normalized spacial score (nSPS) is 11.8. The van der Waals surface area contributed by atoms with Crippen molar-refractivity contribution in [2.75, 3.05) is 5.32 Å². The molecule has 0 saturated carbocycles. The van der Waals surface area contributed by atoms with E-state index in [9.17, 15) is 18.0 Å². The highest BCUT2D eigenvalue weighted by molar-refractivity contribution is 6.35.